The molecule has 0 aliphatic carbocycles. The van der Waals surface area contributed by atoms with Crippen molar-refractivity contribution < 1.29 is 14.1 Å². The number of fused-ring (bicyclic) bond motifs is 2. The van der Waals surface area contributed by atoms with Gasteiger partial charge in [-0.2, -0.15) is 0 Å². The molecule has 0 saturated carbocycles. The maximum atomic E-state index is 13.6. The van der Waals surface area contributed by atoms with Gasteiger partial charge in [-0.05, 0) is 115 Å². The van der Waals surface area contributed by atoms with E-state index in [1.54, 1.807) is 6.92 Å². The molecule has 0 radical (unpaired) electrons. The van der Waals surface area contributed by atoms with Crippen LogP contribution in [0.3, 0.4) is 0 Å². The minimum Gasteiger partial charge on any atom is -0.588 e. The molecule has 38 heavy (non-hydrogen) atoms. The Bertz CT molecular complexity index is 1570. The van der Waals surface area contributed by atoms with E-state index in [1.165, 1.54) is 0 Å². The lowest BCUT2D eigenvalue weighted by molar-refractivity contribution is -0.119. The predicted molar refractivity (Wildman–Crippen MR) is 153 cm³/mol. The minimum atomic E-state index is -1.56. The Hall–Kier alpha value is -3.68. The minimum absolute atomic E-state index is 0.649. The van der Waals surface area contributed by atoms with Gasteiger partial charge in [0, 0.05) is 10.6 Å². The van der Waals surface area contributed by atoms with Crippen LogP contribution in [-0.4, -0.2) is 17.1 Å². The second-order valence-electron chi connectivity index (χ2n) is 9.88. The zero-order valence-electron chi connectivity index (χ0n) is 22.0. The molecule has 5 rings (SSSR count). The van der Waals surface area contributed by atoms with Crippen LogP contribution in [-0.2, 0) is 22.6 Å². The van der Waals surface area contributed by atoms with Crippen LogP contribution >= 0.6 is 0 Å². The molecule has 4 aromatic rings. The summed E-state index contributed by atoms with van der Waals surface area (Å²) in [5.41, 5.74) is 7.10. The zero-order chi connectivity index (χ0) is 27.0. The van der Waals surface area contributed by atoms with Crippen molar-refractivity contribution in [3.05, 3.63) is 93.4 Å². The maximum Gasteiger partial charge on any atom is 0.293 e. The fourth-order valence-electron chi connectivity index (χ4n) is 5.43. The van der Waals surface area contributed by atoms with Gasteiger partial charge in [-0.25, -0.2) is 4.72 Å². The fraction of sp³-hybridized carbons (Fsp3) is 0.258. The smallest absolute Gasteiger partial charge is 0.293 e. The third-order valence-electron chi connectivity index (χ3n) is 7.43. The quantitative estimate of drug-likeness (QED) is 0.210. The largest absolute Gasteiger partial charge is 0.588 e. The summed E-state index contributed by atoms with van der Waals surface area (Å²) >= 11 is -1.56. The van der Waals surface area contributed by atoms with Crippen molar-refractivity contribution in [1.82, 2.24) is 0 Å². The first-order chi connectivity index (χ1) is 18.3. The Morgan fingerprint density at radius 3 is 2.55 bits per heavy atom. The Labute approximate surface area is 225 Å². The van der Waals surface area contributed by atoms with Gasteiger partial charge in [0.15, 0.2) is 4.90 Å². The summed E-state index contributed by atoms with van der Waals surface area (Å²) in [6, 6.07) is 19.8. The molecule has 0 spiro atoms. The predicted octanol–water partition coefficient (Wildman–Crippen LogP) is 7.29. The Kier molecular flexibility index (Phi) is 7.23. The molecular formula is C31H30N2O4S. The van der Waals surface area contributed by atoms with E-state index in [2.05, 4.69) is 16.0 Å². The highest BCUT2D eigenvalue weighted by Crippen LogP contribution is 2.41. The Balaban J connectivity index is 1.62. The standard InChI is InChI=1S/C31H30N2O4S/c1-18-11-14-28(25-10-6-5-9-24(18)25)38(36)33-26-16-19(2)29(30(20(26)3)21(4)31(34)32-35)23-12-13-27-22(17-23)8-7-15-37-27/h5-6,9-14,16-17,21,33H,7-8,15H2,1-4H3. The van der Waals surface area contributed by atoms with E-state index in [0.717, 1.165) is 62.7 Å². The van der Waals surface area contributed by atoms with E-state index in [1.807, 2.05) is 75.4 Å². The topological polar surface area (TPSA) is 90.8 Å². The van der Waals surface area contributed by atoms with Crippen LogP contribution in [0.1, 0.15) is 47.1 Å². The highest BCUT2D eigenvalue weighted by molar-refractivity contribution is 7.93. The van der Waals surface area contributed by atoms with Crippen LogP contribution < -0.4 is 9.46 Å². The van der Waals surface area contributed by atoms with Gasteiger partial charge in [0.25, 0.3) is 5.91 Å². The van der Waals surface area contributed by atoms with Crippen molar-refractivity contribution in [2.75, 3.05) is 11.3 Å². The molecule has 0 aromatic heterocycles. The monoisotopic (exact) mass is 526 g/mol. The molecule has 194 valence electrons. The first-order valence-electron chi connectivity index (χ1n) is 12.7. The number of ether oxygens (including phenoxy) is 1. The number of hydrogen-bond donors (Lipinski definition) is 1. The number of benzene rings is 4. The highest BCUT2D eigenvalue weighted by atomic mass is 32.2. The molecule has 1 N–H and O–H groups in total. The van der Waals surface area contributed by atoms with Crippen LogP contribution in [0.5, 0.6) is 5.75 Å². The number of hydrogen-bond acceptors (Lipinski definition) is 5. The number of carbonyl (C=O) groups is 1. The Morgan fingerprint density at radius 1 is 1.03 bits per heavy atom. The van der Waals surface area contributed by atoms with E-state index >= 15 is 0 Å². The average molecular weight is 527 g/mol. The summed E-state index contributed by atoms with van der Waals surface area (Å²) in [7, 11) is 0. The normalized spacial score (nSPS) is 14.3. The van der Waals surface area contributed by atoms with Gasteiger partial charge in [0.1, 0.15) is 17.1 Å². The summed E-state index contributed by atoms with van der Waals surface area (Å²) in [6.07, 6.45) is 1.87. The summed E-state index contributed by atoms with van der Waals surface area (Å²) < 4.78 is 22.6. The molecule has 0 fully saturated rings. The molecular weight excluding hydrogens is 496 g/mol. The molecule has 2 unspecified atom stereocenters. The summed E-state index contributed by atoms with van der Waals surface area (Å²) in [5.74, 6) is -0.615. The first-order valence-corrected chi connectivity index (χ1v) is 13.9. The van der Waals surface area contributed by atoms with Gasteiger partial charge in [-0.3, -0.25) is 4.79 Å². The first kappa shape index (κ1) is 25.9. The average Bonchev–Trinajstić information content (AvgIpc) is 2.93. The van der Waals surface area contributed by atoms with Gasteiger partial charge < -0.3 is 9.29 Å². The van der Waals surface area contributed by atoms with Crippen LogP contribution in [0, 0.1) is 25.7 Å². The van der Waals surface area contributed by atoms with Gasteiger partial charge >= 0.3 is 0 Å². The number of nitrogens with one attached hydrogen (secondary N) is 1. The third-order valence-corrected chi connectivity index (χ3v) is 8.59. The van der Waals surface area contributed by atoms with E-state index < -0.39 is 23.2 Å². The molecule has 1 amide bonds. The van der Waals surface area contributed by atoms with Crippen molar-refractivity contribution in [2.24, 2.45) is 5.18 Å². The van der Waals surface area contributed by atoms with Crippen LogP contribution in [0.15, 0.2) is 70.7 Å². The molecule has 2 atom stereocenters. The molecule has 0 saturated heterocycles. The zero-order valence-corrected chi connectivity index (χ0v) is 22.8. The third kappa shape index (κ3) is 4.68. The van der Waals surface area contributed by atoms with E-state index in [9.17, 15) is 14.3 Å². The molecule has 1 aliphatic heterocycles. The molecule has 7 heteroatoms. The molecule has 1 heterocycles. The number of amides is 1. The van der Waals surface area contributed by atoms with Crippen molar-refractivity contribution in [1.29, 1.82) is 0 Å². The Morgan fingerprint density at radius 2 is 1.79 bits per heavy atom. The van der Waals surface area contributed by atoms with Crippen molar-refractivity contribution in [3.8, 4) is 16.9 Å². The lowest BCUT2D eigenvalue weighted by Gasteiger charge is -2.24. The van der Waals surface area contributed by atoms with Crippen molar-refractivity contribution in [2.45, 2.75) is 51.3 Å². The van der Waals surface area contributed by atoms with Crippen LogP contribution in [0.2, 0.25) is 0 Å². The number of nitrogens with zero attached hydrogens (tertiary/aromatic N) is 1. The summed E-state index contributed by atoms with van der Waals surface area (Å²) in [5, 5.41) is 4.71. The number of aryl methyl sites for hydroxylation is 3. The van der Waals surface area contributed by atoms with Crippen LogP contribution in [0.4, 0.5) is 5.69 Å². The summed E-state index contributed by atoms with van der Waals surface area (Å²) in [6.45, 7) is 8.30. The SMILES string of the molecule is Cc1cc(N[S+]([O-])c2ccc(C)c3ccccc23)c(C)c(C(C)C(=O)N=O)c1-c1ccc2c(c1)CCCO2. The molecule has 0 bridgehead atoms. The van der Waals surface area contributed by atoms with E-state index in [0.29, 0.717) is 22.8 Å². The number of rotatable bonds is 6. The van der Waals surface area contributed by atoms with Crippen molar-refractivity contribution in [3.63, 3.8) is 0 Å². The molecule has 4 aromatic carbocycles. The molecule has 6 nitrogen and oxygen atoms in total. The van der Waals surface area contributed by atoms with Crippen LogP contribution in [0.25, 0.3) is 21.9 Å². The molecule has 1 aliphatic rings. The second kappa shape index (κ2) is 10.6. The maximum absolute atomic E-state index is 13.6. The fourth-order valence-corrected chi connectivity index (χ4v) is 6.52. The number of nitroso groups, excluding NO2 is 1. The van der Waals surface area contributed by atoms with Gasteiger partial charge in [0.2, 0.25) is 0 Å². The van der Waals surface area contributed by atoms with Gasteiger partial charge in [-0.15, -0.1) is 4.91 Å². The number of carbonyl (C=O) groups excluding carboxylic acids is 1. The van der Waals surface area contributed by atoms with Gasteiger partial charge in [0.05, 0.1) is 18.2 Å². The van der Waals surface area contributed by atoms with E-state index in [-0.39, 0.29) is 0 Å². The summed E-state index contributed by atoms with van der Waals surface area (Å²) in [4.78, 5) is 24.5. The van der Waals surface area contributed by atoms with E-state index in [4.69, 9.17) is 4.74 Å². The second-order valence-corrected chi connectivity index (χ2v) is 11.1. The highest BCUT2D eigenvalue weighted by Gasteiger charge is 2.27. The number of anilines is 1. The van der Waals surface area contributed by atoms with Gasteiger partial charge in [-0.1, -0.05) is 30.3 Å². The lowest BCUT2D eigenvalue weighted by Crippen LogP contribution is -2.17. The lowest BCUT2D eigenvalue weighted by atomic mass is 9.83. The van der Waals surface area contributed by atoms with Crippen molar-refractivity contribution >= 4 is 33.7 Å².